The molecule has 3 heterocycles. The van der Waals surface area contributed by atoms with Crippen LogP contribution >= 0.6 is 0 Å². The minimum absolute atomic E-state index is 0.0938. The zero-order valence-electron chi connectivity index (χ0n) is 14.7. The van der Waals surface area contributed by atoms with Crippen LogP contribution < -0.4 is 9.64 Å². The molecule has 1 N–H and O–H groups in total. The Balaban J connectivity index is 1.73. The van der Waals surface area contributed by atoms with Crippen LogP contribution in [0.4, 0.5) is 5.82 Å². The van der Waals surface area contributed by atoms with Crippen LogP contribution in [0.2, 0.25) is 0 Å². The van der Waals surface area contributed by atoms with Crippen LogP contribution in [0.5, 0.6) is 5.75 Å². The molecule has 0 radical (unpaired) electrons. The Morgan fingerprint density at radius 3 is 3.00 bits per heavy atom. The summed E-state index contributed by atoms with van der Waals surface area (Å²) in [6, 6.07) is 8.19. The van der Waals surface area contributed by atoms with Gasteiger partial charge in [0.25, 0.3) is 0 Å². The molecular weight excluding hydrogens is 316 g/mol. The van der Waals surface area contributed by atoms with Gasteiger partial charge in [0, 0.05) is 31.6 Å². The van der Waals surface area contributed by atoms with E-state index in [9.17, 15) is 5.11 Å². The number of aliphatic hydroxyl groups is 1. The van der Waals surface area contributed by atoms with Crippen molar-refractivity contribution in [1.82, 2.24) is 14.9 Å². The van der Waals surface area contributed by atoms with Crippen molar-refractivity contribution in [3.63, 3.8) is 0 Å². The molecule has 2 aromatic rings. The summed E-state index contributed by atoms with van der Waals surface area (Å²) in [6.45, 7) is 2.46. The molecule has 2 atom stereocenters. The van der Waals surface area contributed by atoms with Crippen LogP contribution in [0.25, 0.3) is 0 Å². The molecule has 1 aromatic heterocycles. The van der Waals surface area contributed by atoms with E-state index in [2.05, 4.69) is 38.9 Å². The second kappa shape index (κ2) is 6.61. The molecule has 0 bridgehead atoms. The normalized spacial score (nSPS) is 23.6. The molecule has 0 amide bonds. The van der Waals surface area contributed by atoms with Crippen LogP contribution in [0, 0.1) is 0 Å². The number of aromatic nitrogens is 2. The lowest BCUT2D eigenvalue weighted by molar-refractivity contribution is 0.194. The first kappa shape index (κ1) is 16.3. The van der Waals surface area contributed by atoms with Gasteiger partial charge in [0.1, 0.15) is 17.9 Å². The van der Waals surface area contributed by atoms with Crippen molar-refractivity contribution in [2.24, 2.45) is 0 Å². The van der Waals surface area contributed by atoms with Gasteiger partial charge in [0.15, 0.2) is 0 Å². The number of anilines is 1. The van der Waals surface area contributed by atoms with Gasteiger partial charge < -0.3 is 19.6 Å². The van der Waals surface area contributed by atoms with E-state index >= 15 is 0 Å². The van der Waals surface area contributed by atoms with Crippen LogP contribution in [0.15, 0.2) is 30.6 Å². The molecule has 0 unspecified atom stereocenters. The predicted molar refractivity (Wildman–Crippen MR) is 95.8 cm³/mol. The number of aliphatic hydroxyl groups excluding tert-OH is 1. The van der Waals surface area contributed by atoms with Gasteiger partial charge in [-0.3, -0.25) is 0 Å². The molecule has 25 heavy (non-hydrogen) atoms. The molecule has 1 aromatic carbocycles. The third kappa shape index (κ3) is 3.07. The summed E-state index contributed by atoms with van der Waals surface area (Å²) in [5, 5.41) is 10.3. The second-order valence-corrected chi connectivity index (χ2v) is 6.94. The molecule has 0 spiro atoms. The Morgan fingerprint density at radius 1 is 1.28 bits per heavy atom. The van der Waals surface area contributed by atoms with Gasteiger partial charge in [0.2, 0.25) is 0 Å². The van der Waals surface area contributed by atoms with E-state index in [-0.39, 0.29) is 12.1 Å². The molecule has 1 fully saturated rings. The molecule has 6 nitrogen and oxygen atoms in total. The Labute approximate surface area is 148 Å². The summed E-state index contributed by atoms with van der Waals surface area (Å²) in [4.78, 5) is 13.6. The van der Waals surface area contributed by atoms with E-state index < -0.39 is 0 Å². The highest BCUT2D eigenvalue weighted by molar-refractivity contribution is 5.53. The summed E-state index contributed by atoms with van der Waals surface area (Å²) in [5.74, 6) is 1.80. The third-order valence-corrected chi connectivity index (χ3v) is 5.20. The first-order valence-electron chi connectivity index (χ1n) is 8.75. The number of hydrogen-bond acceptors (Lipinski definition) is 6. The Bertz CT molecular complexity index is 767. The zero-order valence-corrected chi connectivity index (χ0v) is 14.7. The largest absolute Gasteiger partial charge is 0.497 e. The van der Waals surface area contributed by atoms with Crippen molar-refractivity contribution in [2.75, 3.05) is 32.1 Å². The minimum atomic E-state index is -0.358. The van der Waals surface area contributed by atoms with Gasteiger partial charge in [-0.05, 0) is 31.2 Å². The Kier molecular flexibility index (Phi) is 4.31. The third-order valence-electron chi connectivity index (χ3n) is 5.20. The van der Waals surface area contributed by atoms with E-state index in [1.165, 1.54) is 5.56 Å². The smallest absolute Gasteiger partial charge is 0.137 e. The monoisotopic (exact) mass is 340 g/mol. The van der Waals surface area contributed by atoms with Crippen LogP contribution in [-0.2, 0) is 13.0 Å². The highest BCUT2D eigenvalue weighted by Crippen LogP contribution is 2.39. The average Bonchev–Trinajstić information content (AvgIpc) is 3.03. The van der Waals surface area contributed by atoms with Crippen LogP contribution in [-0.4, -0.2) is 53.3 Å². The van der Waals surface area contributed by atoms with E-state index in [0.29, 0.717) is 13.0 Å². The van der Waals surface area contributed by atoms with Crippen molar-refractivity contribution in [3.8, 4) is 5.75 Å². The number of benzene rings is 1. The summed E-state index contributed by atoms with van der Waals surface area (Å²) in [7, 11) is 3.80. The van der Waals surface area contributed by atoms with Gasteiger partial charge in [0.05, 0.1) is 24.9 Å². The fraction of sp³-hybridized carbons (Fsp3) is 0.474. The predicted octanol–water partition coefficient (Wildman–Crippen LogP) is 1.79. The Hall–Kier alpha value is -2.18. The van der Waals surface area contributed by atoms with Crippen molar-refractivity contribution >= 4 is 5.82 Å². The number of fused-ring (bicyclic) bond motifs is 1. The van der Waals surface area contributed by atoms with E-state index in [0.717, 1.165) is 42.3 Å². The van der Waals surface area contributed by atoms with Gasteiger partial charge in [-0.1, -0.05) is 12.1 Å². The molecule has 2 aliphatic heterocycles. The van der Waals surface area contributed by atoms with Crippen molar-refractivity contribution in [2.45, 2.75) is 31.5 Å². The van der Waals surface area contributed by atoms with E-state index in [1.807, 2.05) is 12.1 Å². The second-order valence-electron chi connectivity index (χ2n) is 6.94. The molecule has 1 saturated heterocycles. The van der Waals surface area contributed by atoms with Gasteiger partial charge in [-0.2, -0.15) is 0 Å². The Morgan fingerprint density at radius 2 is 2.16 bits per heavy atom. The number of rotatable bonds is 3. The highest BCUT2D eigenvalue weighted by Gasteiger charge is 2.35. The standard InChI is InChI=1S/C19H24N4O2/c1-22-7-6-17-16(11-22)19(21-12-20-17)23-10-14(24)9-18(23)13-4-3-5-15(8-13)25-2/h3-5,8,12,14,18,24H,6-7,9-11H2,1-2H3/t14-,18-/m0/s1. The summed E-state index contributed by atoms with van der Waals surface area (Å²) >= 11 is 0. The van der Waals surface area contributed by atoms with Gasteiger partial charge >= 0.3 is 0 Å². The fourth-order valence-electron chi connectivity index (χ4n) is 3.92. The molecule has 0 saturated carbocycles. The zero-order chi connectivity index (χ0) is 17.4. The lowest BCUT2D eigenvalue weighted by Gasteiger charge is -2.32. The van der Waals surface area contributed by atoms with E-state index in [1.54, 1.807) is 13.4 Å². The number of hydrogen-bond donors (Lipinski definition) is 1. The number of likely N-dealkylation sites (N-methyl/N-ethyl adjacent to an activating group) is 1. The number of ether oxygens (including phenoxy) is 1. The summed E-state index contributed by atoms with van der Waals surface area (Å²) in [5.41, 5.74) is 3.47. The first-order valence-corrected chi connectivity index (χ1v) is 8.75. The minimum Gasteiger partial charge on any atom is -0.497 e. The SMILES string of the molecule is COc1cccc([C@@H]2C[C@H](O)CN2c2ncnc3c2CN(C)CC3)c1. The first-order chi connectivity index (χ1) is 12.2. The van der Waals surface area contributed by atoms with Crippen molar-refractivity contribution in [1.29, 1.82) is 0 Å². The molecule has 2 aliphatic rings. The maximum atomic E-state index is 10.3. The van der Waals surface area contributed by atoms with Crippen molar-refractivity contribution in [3.05, 3.63) is 47.4 Å². The summed E-state index contributed by atoms with van der Waals surface area (Å²) < 4.78 is 5.37. The molecular formula is C19H24N4O2. The topological polar surface area (TPSA) is 61.7 Å². The lowest BCUT2D eigenvalue weighted by Crippen LogP contribution is -2.32. The number of methoxy groups -OCH3 is 1. The maximum Gasteiger partial charge on any atom is 0.137 e. The fourth-order valence-corrected chi connectivity index (χ4v) is 3.92. The summed E-state index contributed by atoms with van der Waals surface area (Å²) in [6.07, 6.45) is 2.94. The van der Waals surface area contributed by atoms with Crippen LogP contribution in [0.3, 0.4) is 0 Å². The maximum absolute atomic E-state index is 10.3. The van der Waals surface area contributed by atoms with Gasteiger partial charge in [-0.25, -0.2) is 9.97 Å². The highest BCUT2D eigenvalue weighted by atomic mass is 16.5. The number of nitrogens with zero attached hydrogens (tertiary/aromatic N) is 4. The van der Waals surface area contributed by atoms with E-state index in [4.69, 9.17) is 4.74 Å². The molecule has 4 rings (SSSR count). The van der Waals surface area contributed by atoms with Gasteiger partial charge in [-0.15, -0.1) is 0 Å². The molecule has 6 heteroatoms. The van der Waals surface area contributed by atoms with Crippen molar-refractivity contribution < 1.29 is 9.84 Å². The quantitative estimate of drug-likeness (QED) is 0.919. The molecule has 0 aliphatic carbocycles. The average molecular weight is 340 g/mol. The molecule has 132 valence electrons. The number of β-amino-alcohol motifs (C(OH)–C–C–N with tert-alkyl or cyclic N) is 1. The lowest BCUT2D eigenvalue weighted by atomic mass is 10.0. The van der Waals surface area contributed by atoms with Crippen LogP contribution in [0.1, 0.15) is 29.3 Å².